The average molecular weight is 384 g/mol. The molecule has 2 fully saturated rings. The molecule has 1 aromatic carbocycles. The third-order valence-electron chi connectivity index (χ3n) is 5.21. The van der Waals surface area contributed by atoms with Gasteiger partial charge in [0.15, 0.2) is 0 Å². The van der Waals surface area contributed by atoms with Gasteiger partial charge in [-0.25, -0.2) is 4.79 Å². The Morgan fingerprint density at radius 2 is 1.69 bits per heavy atom. The van der Waals surface area contributed by atoms with E-state index in [1.807, 2.05) is 19.1 Å². The number of methoxy groups -OCH3 is 2. The molecule has 3 rings (SSSR count). The first-order chi connectivity index (χ1) is 12.0. The van der Waals surface area contributed by atoms with Crippen molar-refractivity contribution in [3.05, 3.63) is 23.8 Å². The Morgan fingerprint density at radius 1 is 1.12 bits per heavy atom. The summed E-state index contributed by atoms with van der Waals surface area (Å²) >= 11 is 0. The molecule has 1 unspecified atom stereocenters. The van der Waals surface area contributed by atoms with Crippen molar-refractivity contribution in [3.8, 4) is 11.5 Å². The Balaban J connectivity index is 0.00000243. The molecule has 26 heavy (non-hydrogen) atoms. The average Bonchev–Trinajstić information content (AvgIpc) is 2.86. The van der Waals surface area contributed by atoms with E-state index in [2.05, 4.69) is 10.6 Å². The molecule has 2 N–H and O–H groups in total. The molecule has 0 aromatic heterocycles. The lowest BCUT2D eigenvalue weighted by Gasteiger charge is -2.34. The van der Waals surface area contributed by atoms with Crippen LogP contribution >= 0.6 is 12.4 Å². The minimum Gasteiger partial charge on any atom is -0.497 e. The topological polar surface area (TPSA) is 79.9 Å². The van der Waals surface area contributed by atoms with Gasteiger partial charge in [0.2, 0.25) is 0 Å². The molecule has 2 heterocycles. The van der Waals surface area contributed by atoms with Crippen molar-refractivity contribution in [2.24, 2.45) is 5.92 Å². The maximum absolute atomic E-state index is 13.0. The number of imide groups is 1. The normalized spacial score (nSPS) is 23.4. The number of hydrogen-bond donors (Lipinski definition) is 2. The number of carbonyl (C=O) groups excluding carboxylic acids is 2. The van der Waals surface area contributed by atoms with Crippen molar-refractivity contribution in [1.82, 2.24) is 15.5 Å². The lowest BCUT2D eigenvalue weighted by atomic mass is 9.79. The molecule has 0 saturated carbocycles. The van der Waals surface area contributed by atoms with Crippen molar-refractivity contribution >= 4 is 24.3 Å². The first kappa shape index (κ1) is 20.3. The minimum atomic E-state index is -0.831. The van der Waals surface area contributed by atoms with Crippen molar-refractivity contribution in [2.45, 2.75) is 31.8 Å². The summed E-state index contributed by atoms with van der Waals surface area (Å²) in [4.78, 5) is 26.8. The van der Waals surface area contributed by atoms with Gasteiger partial charge >= 0.3 is 6.03 Å². The van der Waals surface area contributed by atoms with E-state index in [1.165, 1.54) is 4.90 Å². The molecule has 1 atom stereocenters. The molecular weight excluding hydrogens is 358 g/mol. The van der Waals surface area contributed by atoms with Crippen LogP contribution in [0.25, 0.3) is 0 Å². The summed E-state index contributed by atoms with van der Waals surface area (Å²) in [5.41, 5.74) is -0.0449. The lowest BCUT2D eigenvalue weighted by Crippen LogP contribution is -2.53. The maximum atomic E-state index is 13.0. The second-order valence-corrected chi connectivity index (χ2v) is 6.77. The van der Waals surface area contributed by atoms with Crippen LogP contribution in [0.4, 0.5) is 4.79 Å². The molecule has 0 aliphatic carbocycles. The zero-order valence-corrected chi connectivity index (χ0v) is 16.1. The van der Waals surface area contributed by atoms with E-state index in [1.54, 1.807) is 20.3 Å². The van der Waals surface area contributed by atoms with Crippen LogP contribution in [0.15, 0.2) is 18.2 Å². The maximum Gasteiger partial charge on any atom is 0.325 e. The van der Waals surface area contributed by atoms with Gasteiger partial charge in [-0.05, 0) is 56.5 Å². The number of rotatable bonds is 5. The monoisotopic (exact) mass is 383 g/mol. The number of urea groups is 1. The Bertz CT molecular complexity index is 656. The van der Waals surface area contributed by atoms with Gasteiger partial charge in [0.1, 0.15) is 17.0 Å². The van der Waals surface area contributed by atoms with Crippen LogP contribution in [0.3, 0.4) is 0 Å². The number of hydrogen-bond acceptors (Lipinski definition) is 5. The number of halogens is 1. The predicted molar refractivity (Wildman–Crippen MR) is 99.9 cm³/mol. The Morgan fingerprint density at radius 3 is 2.23 bits per heavy atom. The molecular formula is C18H26ClN3O4. The second kappa shape index (κ2) is 8.14. The fourth-order valence-corrected chi connectivity index (χ4v) is 3.68. The first-order valence-electron chi connectivity index (χ1n) is 8.54. The molecule has 2 saturated heterocycles. The highest BCUT2D eigenvalue weighted by molar-refractivity contribution is 6.07. The van der Waals surface area contributed by atoms with E-state index in [4.69, 9.17) is 9.47 Å². The quantitative estimate of drug-likeness (QED) is 0.759. The van der Waals surface area contributed by atoms with Gasteiger partial charge < -0.3 is 20.1 Å². The smallest absolute Gasteiger partial charge is 0.325 e. The summed E-state index contributed by atoms with van der Waals surface area (Å²) in [6.45, 7) is 3.78. The fourth-order valence-electron chi connectivity index (χ4n) is 3.68. The molecule has 0 spiro atoms. The first-order valence-corrected chi connectivity index (χ1v) is 8.54. The van der Waals surface area contributed by atoms with Crippen molar-refractivity contribution in [3.63, 3.8) is 0 Å². The highest BCUT2D eigenvalue weighted by atomic mass is 35.5. The standard InChI is InChI=1S/C18H25N3O4.ClH/c1-18(13-4-6-19-7-5-13)16(22)21(17(23)20-18)11-12-8-14(24-2)10-15(9-12)25-3;/h8-10,13,19H,4-7,11H2,1-3H3,(H,20,23);1H. The van der Waals surface area contributed by atoms with E-state index in [-0.39, 0.29) is 36.8 Å². The number of nitrogens with one attached hydrogen (secondary N) is 2. The zero-order valence-electron chi connectivity index (χ0n) is 15.3. The Labute approximate surface area is 159 Å². The van der Waals surface area contributed by atoms with Crippen LogP contribution in [-0.4, -0.2) is 49.7 Å². The van der Waals surface area contributed by atoms with E-state index >= 15 is 0 Å². The molecule has 0 bridgehead atoms. The number of benzene rings is 1. The van der Waals surface area contributed by atoms with Crippen LogP contribution in [0.5, 0.6) is 11.5 Å². The highest BCUT2D eigenvalue weighted by Gasteiger charge is 2.52. The number of nitrogens with zero attached hydrogens (tertiary/aromatic N) is 1. The molecule has 2 aliphatic rings. The zero-order chi connectivity index (χ0) is 18.0. The highest BCUT2D eigenvalue weighted by Crippen LogP contribution is 2.33. The third-order valence-corrected chi connectivity index (χ3v) is 5.21. The number of ether oxygens (including phenoxy) is 2. The van der Waals surface area contributed by atoms with Crippen LogP contribution in [0, 0.1) is 5.92 Å². The summed E-state index contributed by atoms with van der Waals surface area (Å²) in [5, 5.41) is 6.22. The van der Waals surface area contributed by atoms with Crippen LogP contribution in [0.1, 0.15) is 25.3 Å². The summed E-state index contributed by atoms with van der Waals surface area (Å²) in [5.74, 6) is 1.24. The molecule has 2 aliphatic heterocycles. The van der Waals surface area contributed by atoms with Gasteiger partial charge in [-0.1, -0.05) is 0 Å². The van der Waals surface area contributed by atoms with E-state index < -0.39 is 5.54 Å². The van der Waals surface area contributed by atoms with Crippen LogP contribution in [0.2, 0.25) is 0 Å². The Hall–Kier alpha value is -1.99. The number of piperidine rings is 1. The predicted octanol–water partition coefficient (Wildman–Crippen LogP) is 1.94. The third kappa shape index (κ3) is 3.73. The largest absolute Gasteiger partial charge is 0.497 e. The van der Waals surface area contributed by atoms with Gasteiger partial charge in [0, 0.05) is 6.07 Å². The van der Waals surface area contributed by atoms with Gasteiger partial charge in [0.25, 0.3) is 5.91 Å². The van der Waals surface area contributed by atoms with E-state index in [0.717, 1.165) is 31.5 Å². The van der Waals surface area contributed by atoms with Gasteiger partial charge in [0.05, 0.1) is 20.8 Å². The molecule has 3 amide bonds. The van der Waals surface area contributed by atoms with Crippen molar-refractivity contribution < 1.29 is 19.1 Å². The van der Waals surface area contributed by atoms with Crippen LogP contribution < -0.4 is 20.1 Å². The molecule has 7 nitrogen and oxygen atoms in total. The van der Waals surface area contributed by atoms with Crippen LogP contribution in [-0.2, 0) is 11.3 Å². The van der Waals surface area contributed by atoms with Gasteiger partial charge in [-0.3, -0.25) is 9.69 Å². The lowest BCUT2D eigenvalue weighted by molar-refractivity contribution is -0.133. The van der Waals surface area contributed by atoms with Gasteiger partial charge in [-0.15, -0.1) is 12.4 Å². The summed E-state index contributed by atoms with van der Waals surface area (Å²) in [7, 11) is 3.14. The summed E-state index contributed by atoms with van der Waals surface area (Å²) in [6.07, 6.45) is 1.76. The number of amides is 3. The van der Waals surface area contributed by atoms with E-state index in [0.29, 0.717) is 11.5 Å². The van der Waals surface area contributed by atoms with Crippen molar-refractivity contribution in [2.75, 3.05) is 27.3 Å². The SMILES string of the molecule is COc1cc(CN2C(=O)NC(C)(C3CCNCC3)C2=O)cc(OC)c1.Cl. The van der Waals surface area contributed by atoms with E-state index in [9.17, 15) is 9.59 Å². The Kier molecular flexibility index (Phi) is 6.36. The molecule has 144 valence electrons. The fraction of sp³-hybridized carbons (Fsp3) is 0.556. The molecule has 8 heteroatoms. The summed E-state index contributed by atoms with van der Waals surface area (Å²) < 4.78 is 10.5. The molecule has 0 radical (unpaired) electrons. The number of carbonyl (C=O) groups is 2. The summed E-state index contributed by atoms with van der Waals surface area (Å²) in [6, 6.07) is 5.04. The minimum absolute atomic E-state index is 0. The van der Waals surface area contributed by atoms with Crippen molar-refractivity contribution in [1.29, 1.82) is 0 Å². The second-order valence-electron chi connectivity index (χ2n) is 6.77. The van der Waals surface area contributed by atoms with Gasteiger partial charge in [-0.2, -0.15) is 0 Å². The molecule has 1 aromatic rings.